The summed E-state index contributed by atoms with van der Waals surface area (Å²) in [6, 6.07) is 6.98. The van der Waals surface area contributed by atoms with Gasteiger partial charge in [0.15, 0.2) is 10.9 Å². The molecule has 3 aromatic heterocycles. The van der Waals surface area contributed by atoms with Gasteiger partial charge in [-0.1, -0.05) is 11.8 Å². The van der Waals surface area contributed by atoms with E-state index in [0.717, 1.165) is 17.3 Å². The Labute approximate surface area is 178 Å². The predicted molar refractivity (Wildman–Crippen MR) is 112 cm³/mol. The number of imidazole rings is 1. The average Bonchev–Trinajstić information content (AvgIpc) is 3.33. The number of rotatable bonds is 5. The highest BCUT2D eigenvalue weighted by molar-refractivity contribution is 7.98. The maximum Gasteiger partial charge on any atom is 0.289 e. The second kappa shape index (κ2) is 9.17. The van der Waals surface area contributed by atoms with Crippen LogP contribution in [0.15, 0.2) is 58.6 Å². The molecule has 0 spiro atoms. The van der Waals surface area contributed by atoms with Gasteiger partial charge in [0.25, 0.3) is 11.8 Å². The van der Waals surface area contributed by atoms with Crippen LogP contribution in [0.25, 0.3) is 0 Å². The zero-order valence-electron chi connectivity index (χ0n) is 16.7. The summed E-state index contributed by atoms with van der Waals surface area (Å²) in [6.45, 7) is 2.19. The molecular weight excluding hydrogens is 402 g/mol. The molecule has 0 unspecified atom stereocenters. The van der Waals surface area contributed by atoms with Crippen molar-refractivity contribution in [1.82, 2.24) is 24.3 Å². The Bertz CT molecular complexity index is 1020. The topological polar surface area (TPSA) is 84.5 Å². The van der Waals surface area contributed by atoms with Gasteiger partial charge >= 0.3 is 0 Å². The summed E-state index contributed by atoms with van der Waals surface area (Å²) >= 11 is 1.56. The van der Waals surface area contributed by atoms with E-state index >= 15 is 0 Å². The van der Waals surface area contributed by atoms with Crippen molar-refractivity contribution in [2.45, 2.75) is 17.3 Å². The molecule has 1 saturated heterocycles. The molecule has 9 heteroatoms. The zero-order valence-corrected chi connectivity index (χ0v) is 17.5. The van der Waals surface area contributed by atoms with Gasteiger partial charge in [-0.15, -0.1) is 0 Å². The predicted octanol–water partition coefficient (Wildman–Crippen LogP) is 2.69. The Morgan fingerprint density at radius 1 is 1.00 bits per heavy atom. The number of thioether (sulfide) groups is 1. The number of aryl methyl sites for hydroxylation is 1. The maximum atomic E-state index is 12.9. The molecule has 0 aliphatic carbocycles. The van der Waals surface area contributed by atoms with Crippen LogP contribution in [0.5, 0.6) is 0 Å². The lowest BCUT2D eigenvalue weighted by Gasteiger charge is -2.21. The Morgan fingerprint density at radius 3 is 2.43 bits per heavy atom. The highest BCUT2D eigenvalue weighted by Gasteiger charge is 2.25. The van der Waals surface area contributed by atoms with E-state index in [0.29, 0.717) is 43.3 Å². The van der Waals surface area contributed by atoms with Crippen LogP contribution >= 0.6 is 11.8 Å². The first-order valence-corrected chi connectivity index (χ1v) is 10.8. The molecule has 4 rings (SSSR count). The third kappa shape index (κ3) is 4.56. The number of carbonyl (C=O) groups excluding carboxylic acids is 2. The third-order valence-corrected chi connectivity index (χ3v) is 6.07. The number of nitrogens with zero attached hydrogens (tertiary/aromatic N) is 5. The van der Waals surface area contributed by atoms with Gasteiger partial charge in [0.1, 0.15) is 5.76 Å². The van der Waals surface area contributed by atoms with E-state index in [-0.39, 0.29) is 11.8 Å². The van der Waals surface area contributed by atoms with Gasteiger partial charge in [0.2, 0.25) is 0 Å². The Kier molecular flexibility index (Phi) is 6.18. The largest absolute Gasteiger partial charge is 0.455 e. The number of carbonyl (C=O) groups is 2. The number of aromatic nitrogens is 3. The van der Waals surface area contributed by atoms with E-state index in [1.54, 1.807) is 58.4 Å². The zero-order chi connectivity index (χ0) is 20.9. The van der Waals surface area contributed by atoms with Crippen LogP contribution in [0, 0.1) is 0 Å². The fourth-order valence-corrected chi connectivity index (χ4v) is 4.18. The van der Waals surface area contributed by atoms with E-state index < -0.39 is 0 Å². The summed E-state index contributed by atoms with van der Waals surface area (Å²) in [4.78, 5) is 37.3. The summed E-state index contributed by atoms with van der Waals surface area (Å²) < 4.78 is 7.73. The van der Waals surface area contributed by atoms with Crippen molar-refractivity contribution in [1.29, 1.82) is 0 Å². The van der Waals surface area contributed by atoms with E-state index in [2.05, 4.69) is 9.97 Å². The molecule has 8 nitrogen and oxygen atoms in total. The highest BCUT2D eigenvalue weighted by Crippen LogP contribution is 2.22. The van der Waals surface area contributed by atoms with Crippen molar-refractivity contribution >= 4 is 23.6 Å². The van der Waals surface area contributed by atoms with Crippen molar-refractivity contribution in [2.24, 2.45) is 7.05 Å². The normalized spacial score (nSPS) is 14.6. The summed E-state index contributed by atoms with van der Waals surface area (Å²) in [7, 11) is 1.94. The van der Waals surface area contributed by atoms with Crippen LogP contribution in [0.4, 0.5) is 0 Å². The molecule has 0 aromatic carbocycles. The standard InChI is InChI=1S/C21H23N5O3S/c1-24-12-9-23-21(24)30-15-17-3-4-18(29-17)20(28)26-11-2-10-25(13-14-26)19(27)16-5-7-22-8-6-16/h3-9,12H,2,10-11,13-15H2,1H3. The third-order valence-electron chi connectivity index (χ3n) is 4.99. The lowest BCUT2D eigenvalue weighted by molar-refractivity contribution is 0.0699. The molecule has 2 amide bonds. The van der Waals surface area contributed by atoms with E-state index in [1.165, 1.54) is 0 Å². The Hall–Kier alpha value is -3.07. The van der Waals surface area contributed by atoms with Gasteiger partial charge in [-0.2, -0.15) is 0 Å². The number of hydrogen-bond acceptors (Lipinski definition) is 6. The minimum Gasteiger partial charge on any atom is -0.455 e. The molecule has 0 atom stereocenters. The maximum absolute atomic E-state index is 12.9. The molecule has 0 saturated carbocycles. The number of furan rings is 1. The fraction of sp³-hybridized carbons (Fsp3) is 0.333. The molecule has 3 aromatic rings. The van der Waals surface area contributed by atoms with E-state index in [1.807, 2.05) is 23.9 Å². The van der Waals surface area contributed by atoms with Gasteiger partial charge in [-0.25, -0.2) is 4.98 Å². The van der Waals surface area contributed by atoms with Gasteiger partial charge < -0.3 is 18.8 Å². The second-order valence-electron chi connectivity index (χ2n) is 7.05. The average molecular weight is 426 g/mol. The SMILES string of the molecule is Cn1ccnc1SCc1ccc(C(=O)N2CCCN(C(=O)c3ccncc3)CC2)o1. The van der Waals surface area contributed by atoms with Crippen LogP contribution < -0.4 is 0 Å². The van der Waals surface area contributed by atoms with Crippen molar-refractivity contribution < 1.29 is 14.0 Å². The lowest BCUT2D eigenvalue weighted by atomic mass is 10.2. The van der Waals surface area contributed by atoms with Crippen LogP contribution in [-0.2, 0) is 12.8 Å². The molecule has 30 heavy (non-hydrogen) atoms. The van der Waals surface area contributed by atoms with Crippen LogP contribution in [0.2, 0.25) is 0 Å². The Balaban J connectivity index is 1.34. The number of hydrogen-bond donors (Lipinski definition) is 0. The molecule has 0 N–H and O–H groups in total. The second-order valence-corrected chi connectivity index (χ2v) is 7.99. The minimum atomic E-state index is -0.138. The molecular formula is C21H23N5O3S. The van der Waals surface area contributed by atoms with Crippen LogP contribution in [-0.4, -0.2) is 62.3 Å². The fourth-order valence-electron chi connectivity index (χ4n) is 3.35. The highest BCUT2D eigenvalue weighted by atomic mass is 32.2. The first kappa shape index (κ1) is 20.2. The minimum absolute atomic E-state index is 0.0294. The number of pyridine rings is 1. The first-order chi connectivity index (χ1) is 14.6. The quantitative estimate of drug-likeness (QED) is 0.585. The van der Waals surface area contributed by atoms with E-state index in [9.17, 15) is 9.59 Å². The van der Waals surface area contributed by atoms with E-state index in [4.69, 9.17) is 4.42 Å². The van der Waals surface area contributed by atoms with Gasteiger partial charge in [0.05, 0.1) is 5.75 Å². The van der Waals surface area contributed by atoms with Crippen LogP contribution in [0.1, 0.15) is 33.1 Å². The monoisotopic (exact) mass is 425 g/mol. The molecule has 156 valence electrons. The van der Waals surface area contributed by atoms with Gasteiger partial charge in [-0.05, 0) is 30.7 Å². The molecule has 0 bridgehead atoms. The summed E-state index contributed by atoms with van der Waals surface area (Å²) in [5.41, 5.74) is 0.616. The van der Waals surface area contributed by atoms with Crippen molar-refractivity contribution in [3.05, 3.63) is 66.1 Å². The molecule has 1 aliphatic heterocycles. The molecule has 1 fully saturated rings. The summed E-state index contributed by atoms with van der Waals surface area (Å²) in [5.74, 6) is 1.50. The molecule has 4 heterocycles. The number of amides is 2. The summed E-state index contributed by atoms with van der Waals surface area (Å²) in [6.07, 6.45) is 7.59. The molecule has 0 radical (unpaired) electrons. The Morgan fingerprint density at radius 2 is 1.73 bits per heavy atom. The smallest absolute Gasteiger partial charge is 0.289 e. The molecule has 1 aliphatic rings. The first-order valence-electron chi connectivity index (χ1n) is 9.79. The van der Waals surface area contributed by atoms with Crippen LogP contribution in [0.3, 0.4) is 0 Å². The van der Waals surface area contributed by atoms with Crippen molar-refractivity contribution in [2.75, 3.05) is 26.2 Å². The van der Waals surface area contributed by atoms with Crippen molar-refractivity contribution in [3.8, 4) is 0 Å². The van der Waals surface area contributed by atoms with Gasteiger partial charge in [0, 0.05) is 63.6 Å². The van der Waals surface area contributed by atoms with Gasteiger partial charge in [-0.3, -0.25) is 14.6 Å². The lowest BCUT2D eigenvalue weighted by Crippen LogP contribution is -2.37. The summed E-state index contributed by atoms with van der Waals surface area (Å²) in [5, 5.41) is 0.894. The van der Waals surface area contributed by atoms with Crippen molar-refractivity contribution in [3.63, 3.8) is 0 Å².